The van der Waals surface area contributed by atoms with Crippen LogP contribution in [0.25, 0.3) is 11.3 Å². The Morgan fingerprint density at radius 1 is 1.00 bits per heavy atom. The number of ether oxygens (including phenoxy) is 1. The van der Waals surface area contributed by atoms with Gasteiger partial charge in [-0.3, -0.25) is 0 Å². The molecule has 330 valence electrons. The molecule has 1 unspecified atom stereocenters. The second-order valence-electron chi connectivity index (χ2n) is 16.1. The molecule has 4 heterocycles. The molecule has 2 saturated heterocycles. The van der Waals surface area contributed by atoms with Crippen LogP contribution in [0.2, 0.25) is 0 Å². The Bertz CT molecular complexity index is 2120. The zero-order valence-electron chi connectivity index (χ0n) is 36.0. The summed E-state index contributed by atoms with van der Waals surface area (Å²) in [6, 6.07) is 10.6. The highest BCUT2D eigenvalue weighted by molar-refractivity contribution is 7.97. The average Bonchev–Trinajstić information content (AvgIpc) is 3.28. The van der Waals surface area contributed by atoms with Crippen LogP contribution in [-0.4, -0.2) is 126 Å². The van der Waals surface area contributed by atoms with Crippen LogP contribution in [0.5, 0.6) is 5.75 Å². The first kappa shape index (κ1) is 46.1. The molecule has 0 aliphatic carbocycles. The molecule has 3 aliphatic rings. The molecule has 2 fully saturated rings. The third-order valence-corrected chi connectivity index (χ3v) is 12.7. The van der Waals surface area contributed by atoms with Gasteiger partial charge >= 0.3 is 0 Å². The Hall–Kier alpha value is -5.38. The standard InChI is InChI=1S/C47H58F2N8O4S/c1-33(2)57-24-27-61-46-41(48)28-37(29-44(46)57)45-42(49)30-50-47(52-45)51-38-12-14-40(15-13-38)62-56-22-20-54(21-23-56)31-36-16-18-55(19-17-36)43(11-7-6-8-25-58)34(3)35(4)53(5)39(32-60)10-9-26-59/h6-7,11-15,25-26,28-30,32-33,36,39H,3-4,8-10,16-24,27,31H2,1-2,5H3,(H,50,51,52)/b7-6-,43-11+. The lowest BCUT2D eigenvalue weighted by Gasteiger charge is -2.40. The van der Waals surface area contributed by atoms with Crippen molar-refractivity contribution in [3.05, 3.63) is 103 Å². The van der Waals surface area contributed by atoms with Gasteiger partial charge in [0.05, 0.1) is 24.5 Å². The second kappa shape index (κ2) is 22.1. The van der Waals surface area contributed by atoms with E-state index in [2.05, 4.69) is 42.5 Å². The third kappa shape index (κ3) is 11.7. The number of carbonyl (C=O) groups is 3. The van der Waals surface area contributed by atoms with E-state index in [-0.39, 0.29) is 29.9 Å². The van der Waals surface area contributed by atoms with Crippen LogP contribution in [0.4, 0.5) is 26.1 Å². The summed E-state index contributed by atoms with van der Waals surface area (Å²) in [6.07, 6.45) is 12.3. The van der Waals surface area contributed by atoms with Crippen molar-refractivity contribution in [2.24, 2.45) is 5.92 Å². The van der Waals surface area contributed by atoms with Gasteiger partial charge in [0.1, 0.15) is 31.2 Å². The lowest BCUT2D eigenvalue weighted by atomic mass is 9.94. The maximum absolute atomic E-state index is 15.2. The molecular weight excluding hydrogens is 811 g/mol. The number of carbonyl (C=O) groups excluding carboxylic acids is 3. The zero-order valence-corrected chi connectivity index (χ0v) is 36.8. The van der Waals surface area contributed by atoms with E-state index in [0.717, 1.165) is 100.0 Å². The number of aromatic nitrogens is 2. The summed E-state index contributed by atoms with van der Waals surface area (Å²) in [6.45, 7) is 20.2. The van der Waals surface area contributed by atoms with Gasteiger partial charge in [-0.25, -0.2) is 23.1 Å². The highest BCUT2D eigenvalue weighted by Crippen LogP contribution is 2.40. The van der Waals surface area contributed by atoms with Crippen LogP contribution in [0.15, 0.2) is 95.8 Å². The Labute approximate surface area is 368 Å². The molecule has 62 heavy (non-hydrogen) atoms. The Morgan fingerprint density at radius 3 is 2.42 bits per heavy atom. The lowest BCUT2D eigenvalue weighted by molar-refractivity contribution is -0.112. The monoisotopic (exact) mass is 868 g/mol. The van der Waals surface area contributed by atoms with Gasteiger partial charge in [-0.1, -0.05) is 25.3 Å². The fourth-order valence-corrected chi connectivity index (χ4v) is 8.95. The summed E-state index contributed by atoms with van der Waals surface area (Å²) < 4.78 is 38.2. The predicted molar refractivity (Wildman–Crippen MR) is 242 cm³/mol. The first-order valence-electron chi connectivity index (χ1n) is 21.3. The maximum atomic E-state index is 15.2. The van der Waals surface area contributed by atoms with Crippen LogP contribution >= 0.6 is 11.9 Å². The van der Waals surface area contributed by atoms with E-state index >= 15 is 8.78 Å². The molecule has 0 amide bonds. The van der Waals surface area contributed by atoms with E-state index in [9.17, 15) is 14.4 Å². The van der Waals surface area contributed by atoms with Crippen LogP contribution in [0.3, 0.4) is 0 Å². The van der Waals surface area contributed by atoms with E-state index in [0.29, 0.717) is 54.4 Å². The summed E-state index contributed by atoms with van der Waals surface area (Å²) in [7, 11) is 1.80. The van der Waals surface area contributed by atoms with Gasteiger partial charge in [0.25, 0.3) is 0 Å². The van der Waals surface area contributed by atoms with E-state index in [1.165, 1.54) is 6.07 Å². The molecule has 2 aromatic carbocycles. The number of piperazine rings is 1. The number of hydrogen-bond donors (Lipinski definition) is 1. The molecule has 3 aliphatic heterocycles. The smallest absolute Gasteiger partial charge is 0.227 e. The first-order chi connectivity index (χ1) is 30.0. The summed E-state index contributed by atoms with van der Waals surface area (Å²) in [5.74, 6) is -0.264. The predicted octanol–water partition coefficient (Wildman–Crippen LogP) is 7.69. The number of nitrogens with one attached hydrogen (secondary N) is 1. The van der Waals surface area contributed by atoms with E-state index in [4.69, 9.17) is 4.74 Å². The minimum absolute atomic E-state index is 0.00463. The number of piperidine rings is 1. The van der Waals surface area contributed by atoms with Crippen molar-refractivity contribution in [1.82, 2.24) is 29.0 Å². The molecule has 0 radical (unpaired) electrons. The first-order valence-corrected chi connectivity index (χ1v) is 22.1. The highest BCUT2D eigenvalue weighted by Gasteiger charge is 2.29. The number of nitrogens with zero attached hydrogens (tertiary/aromatic N) is 7. The van der Waals surface area contributed by atoms with Gasteiger partial charge in [0.2, 0.25) is 5.95 Å². The molecule has 1 aromatic heterocycles. The topological polar surface area (TPSA) is 114 Å². The van der Waals surface area contributed by atoms with Crippen molar-refractivity contribution in [3.63, 3.8) is 0 Å². The molecule has 1 N–H and O–H groups in total. The molecule has 0 bridgehead atoms. The van der Waals surface area contributed by atoms with E-state index < -0.39 is 17.7 Å². The summed E-state index contributed by atoms with van der Waals surface area (Å²) in [5.41, 5.74) is 3.90. The van der Waals surface area contributed by atoms with Gasteiger partial charge in [-0.15, -0.1) is 0 Å². The van der Waals surface area contributed by atoms with E-state index in [1.807, 2.05) is 61.2 Å². The number of aldehydes is 3. The summed E-state index contributed by atoms with van der Waals surface area (Å²) in [4.78, 5) is 52.1. The molecular formula is C47H58F2N8O4S. The normalized spacial score (nSPS) is 17.1. The van der Waals surface area contributed by atoms with Crippen molar-refractivity contribution in [2.75, 3.05) is 76.2 Å². The fourth-order valence-electron chi connectivity index (χ4n) is 8.05. The number of halogens is 2. The lowest BCUT2D eigenvalue weighted by Crippen LogP contribution is -2.46. The Kier molecular flexibility index (Phi) is 16.5. The number of likely N-dealkylation sites (N-methyl/N-ethyl adjacent to an activating group) is 1. The maximum Gasteiger partial charge on any atom is 0.227 e. The van der Waals surface area contributed by atoms with Crippen LogP contribution in [-0.2, 0) is 14.4 Å². The molecule has 12 nitrogen and oxygen atoms in total. The third-order valence-electron chi connectivity index (χ3n) is 11.6. The highest BCUT2D eigenvalue weighted by atomic mass is 32.2. The van der Waals surface area contributed by atoms with Gasteiger partial charge in [0.15, 0.2) is 17.4 Å². The van der Waals surface area contributed by atoms with Crippen molar-refractivity contribution in [1.29, 1.82) is 0 Å². The summed E-state index contributed by atoms with van der Waals surface area (Å²) >= 11 is 1.73. The molecule has 3 aromatic rings. The molecule has 1 atom stereocenters. The van der Waals surface area contributed by atoms with Crippen molar-refractivity contribution >= 4 is 48.1 Å². The Balaban J connectivity index is 0.980. The molecule has 0 spiro atoms. The van der Waals surface area contributed by atoms with Crippen LogP contribution < -0.4 is 15.0 Å². The van der Waals surface area contributed by atoms with Crippen LogP contribution in [0.1, 0.15) is 46.0 Å². The van der Waals surface area contributed by atoms with Gasteiger partial charge in [-0.05, 0) is 93.4 Å². The summed E-state index contributed by atoms with van der Waals surface area (Å²) in [5, 5.41) is 3.17. The number of fused-ring (bicyclic) bond motifs is 1. The van der Waals surface area contributed by atoms with Gasteiger partial charge in [0, 0.05) is 105 Å². The second-order valence-corrected chi connectivity index (χ2v) is 17.3. The van der Waals surface area contributed by atoms with Crippen LogP contribution in [0, 0.1) is 17.6 Å². The van der Waals surface area contributed by atoms with Gasteiger partial charge < -0.3 is 44.0 Å². The minimum atomic E-state index is -0.645. The number of benzene rings is 2. The quantitative estimate of drug-likeness (QED) is 0.0681. The minimum Gasteiger partial charge on any atom is -0.486 e. The number of hydrogen-bond acceptors (Lipinski definition) is 13. The number of allylic oxidation sites excluding steroid dienone is 3. The van der Waals surface area contributed by atoms with Gasteiger partial charge in [-0.2, -0.15) is 0 Å². The Morgan fingerprint density at radius 2 is 1.74 bits per heavy atom. The largest absolute Gasteiger partial charge is 0.486 e. The van der Waals surface area contributed by atoms with E-state index in [1.54, 1.807) is 30.0 Å². The SMILES string of the molecule is C=C(C(=C)N(C)C(C=O)CCC=O)/C(=C\C=C/CC=O)N1CCC(CN2CCN(Sc3ccc(Nc4ncc(F)c(-c5cc(F)c6c(c5)N(C(C)C)CCO6)n4)cc3)CC2)CC1. The number of anilines is 3. The zero-order chi connectivity index (χ0) is 44.2. The number of rotatable bonds is 20. The molecule has 6 rings (SSSR count). The fraction of sp³-hybridized carbons (Fsp3) is 0.426. The number of likely N-dealkylation sites (tertiary alicyclic amines) is 1. The van der Waals surface area contributed by atoms with Crippen molar-refractivity contribution in [2.45, 2.75) is 62.9 Å². The molecule has 15 heteroatoms. The van der Waals surface area contributed by atoms with Crippen molar-refractivity contribution in [3.8, 4) is 17.0 Å². The average molecular weight is 869 g/mol. The van der Waals surface area contributed by atoms with Crippen molar-refractivity contribution < 1.29 is 27.9 Å². The molecule has 0 saturated carbocycles.